The van der Waals surface area contributed by atoms with Crippen LogP contribution in [0.3, 0.4) is 0 Å². The summed E-state index contributed by atoms with van der Waals surface area (Å²) >= 11 is 0. The highest BCUT2D eigenvalue weighted by atomic mass is 16.5. The summed E-state index contributed by atoms with van der Waals surface area (Å²) in [5.41, 5.74) is 1.97. The van der Waals surface area contributed by atoms with Gasteiger partial charge in [0, 0.05) is 5.56 Å². The molecule has 3 nitrogen and oxygen atoms in total. The summed E-state index contributed by atoms with van der Waals surface area (Å²) in [6.45, 7) is 2.00. The minimum absolute atomic E-state index is 0.0429. The first-order chi connectivity index (χ1) is 7.69. The number of aliphatic carboxylic acids is 1. The predicted octanol–water partition coefficient (Wildman–Crippen LogP) is 2.96. The van der Waals surface area contributed by atoms with Gasteiger partial charge in [-0.3, -0.25) is 4.79 Å². The molecule has 0 unspecified atom stereocenters. The fourth-order valence-electron chi connectivity index (χ4n) is 1.57. The van der Waals surface area contributed by atoms with Crippen molar-refractivity contribution >= 4 is 11.5 Å². The van der Waals surface area contributed by atoms with E-state index in [9.17, 15) is 4.79 Å². The van der Waals surface area contributed by atoms with Crippen LogP contribution >= 0.6 is 0 Å². The maximum absolute atomic E-state index is 10.5. The summed E-state index contributed by atoms with van der Waals surface area (Å²) in [5, 5.41) is 8.66. The Morgan fingerprint density at radius 1 is 1.44 bits per heavy atom. The largest absolute Gasteiger partial charge is 0.496 e. The van der Waals surface area contributed by atoms with Gasteiger partial charge < -0.3 is 9.84 Å². The van der Waals surface area contributed by atoms with Crippen LogP contribution in [-0.2, 0) is 4.79 Å². The third-order valence-electron chi connectivity index (χ3n) is 2.36. The van der Waals surface area contributed by atoms with Crippen molar-refractivity contribution in [3.05, 3.63) is 35.9 Å². The fourth-order valence-corrected chi connectivity index (χ4v) is 1.57. The van der Waals surface area contributed by atoms with Crippen molar-refractivity contribution < 1.29 is 14.6 Å². The average Bonchev–Trinajstić information content (AvgIpc) is 2.30. The van der Waals surface area contributed by atoms with E-state index in [-0.39, 0.29) is 6.42 Å². The first kappa shape index (κ1) is 12.3. The Balaban J connectivity index is 3.03. The maximum Gasteiger partial charge on any atom is 0.307 e. The zero-order valence-electron chi connectivity index (χ0n) is 9.56. The van der Waals surface area contributed by atoms with E-state index in [1.54, 1.807) is 13.2 Å². The molecule has 1 rings (SSSR count). The molecule has 0 bridgehead atoms. The first-order valence-corrected chi connectivity index (χ1v) is 5.23. The Labute approximate surface area is 95.4 Å². The monoisotopic (exact) mass is 220 g/mol. The minimum Gasteiger partial charge on any atom is -0.496 e. The summed E-state index contributed by atoms with van der Waals surface area (Å²) < 4.78 is 5.25. The standard InChI is InChI=1S/C13H16O3/c1-3-10(8-9-13(14)15)11-6-4-5-7-12(11)16-2/h4-8H,3,9H2,1-2H3,(H,14,15)/b10-8+. The van der Waals surface area contributed by atoms with Gasteiger partial charge in [0.2, 0.25) is 0 Å². The van der Waals surface area contributed by atoms with Gasteiger partial charge in [-0.1, -0.05) is 31.2 Å². The number of carboxylic acids is 1. The molecular weight excluding hydrogens is 204 g/mol. The number of carboxylic acid groups (broad SMARTS) is 1. The molecule has 0 aliphatic heterocycles. The van der Waals surface area contributed by atoms with Crippen molar-refractivity contribution in [1.29, 1.82) is 0 Å². The highest BCUT2D eigenvalue weighted by molar-refractivity contribution is 5.76. The lowest BCUT2D eigenvalue weighted by molar-refractivity contribution is -0.135. The fraction of sp³-hybridized carbons (Fsp3) is 0.308. The van der Waals surface area contributed by atoms with Crippen molar-refractivity contribution in [2.24, 2.45) is 0 Å². The van der Waals surface area contributed by atoms with Crippen LogP contribution < -0.4 is 4.74 Å². The van der Waals surface area contributed by atoms with Crippen molar-refractivity contribution in [2.45, 2.75) is 19.8 Å². The smallest absolute Gasteiger partial charge is 0.307 e. The second-order valence-corrected chi connectivity index (χ2v) is 3.38. The Morgan fingerprint density at radius 3 is 2.69 bits per heavy atom. The van der Waals surface area contributed by atoms with E-state index in [1.807, 2.05) is 31.2 Å². The molecule has 1 N–H and O–H groups in total. The molecule has 0 saturated carbocycles. The maximum atomic E-state index is 10.5. The van der Waals surface area contributed by atoms with E-state index in [1.165, 1.54) is 0 Å². The SMILES string of the molecule is CC/C(=C\CC(=O)O)c1ccccc1OC. The van der Waals surface area contributed by atoms with Crippen LogP contribution in [0.4, 0.5) is 0 Å². The molecule has 0 aliphatic rings. The third kappa shape index (κ3) is 3.12. The summed E-state index contributed by atoms with van der Waals surface area (Å²) in [7, 11) is 1.61. The van der Waals surface area contributed by atoms with Gasteiger partial charge in [-0.25, -0.2) is 0 Å². The van der Waals surface area contributed by atoms with Crippen molar-refractivity contribution in [3.63, 3.8) is 0 Å². The van der Waals surface area contributed by atoms with Crippen LogP contribution in [0.25, 0.3) is 5.57 Å². The predicted molar refractivity (Wildman–Crippen MR) is 63.5 cm³/mol. The number of hydrogen-bond acceptors (Lipinski definition) is 2. The third-order valence-corrected chi connectivity index (χ3v) is 2.36. The number of hydrogen-bond donors (Lipinski definition) is 1. The molecule has 0 aromatic heterocycles. The molecule has 0 radical (unpaired) electrons. The van der Waals surface area contributed by atoms with Gasteiger partial charge in [-0.2, -0.15) is 0 Å². The quantitative estimate of drug-likeness (QED) is 0.829. The summed E-state index contributed by atoms with van der Waals surface area (Å²) in [6.07, 6.45) is 2.56. The van der Waals surface area contributed by atoms with E-state index in [4.69, 9.17) is 9.84 Å². The van der Waals surface area contributed by atoms with Crippen LogP contribution in [0.1, 0.15) is 25.3 Å². The van der Waals surface area contributed by atoms with Gasteiger partial charge >= 0.3 is 5.97 Å². The highest BCUT2D eigenvalue weighted by Gasteiger charge is 2.06. The molecular formula is C13H16O3. The van der Waals surface area contributed by atoms with Crippen LogP contribution in [-0.4, -0.2) is 18.2 Å². The minimum atomic E-state index is -0.819. The van der Waals surface area contributed by atoms with Crippen LogP contribution in [0, 0.1) is 0 Å². The lowest BCUT2D eigenvalue weighted by atomic mass is 10.0. The molecule has 86 valence electrons. The van der Waals surface area contributed by atoms with Gasteiger partial charge in [0.05, 0.1) is 13.5 Å². The average molecular weight is 220 g/mol. The first-order valence-electron chi connectivity index (χ1n) is 5.23. The Hall–Kier alpha value is -1.77. The van der Waals surface area contributed by atoms with E-state index in [2.05, 4.69) is 0 Å². The lowest BCUT2D eigenvalue weighted by Crippen LogP contribution is -1.94. The number of carbonyl (C=O) groups is 1. The van der Waals surface area contributed by atoms with E-state index in [0.29, 0.717) is 0 Å². The Bertz CT molecular complexity index is 394. The number of para-hydroxylation sites is 1. The van der Waals surface area contributed by atoms with Crippen molar-refractivity contribution in [1.82, 2.24) is 0 Å². The molecule has 1 aromatic rings. The van der Waals surface area contributed by atoms with Gasteiger partial charge in [-0.15, -0.1) is 0 Å². The number of methoxy groups -OCH3 is 1. The molecule has 3 heteroatoms. The van der Waals surface area contributed by atoms with Crippen LogP contribution in [0.2, 0.25) is 0 Å². The Kier molecular flexibility index (Phi) is 4.58. The normalized spacial score (nSPS) is 11.2. The van der Waals surface area contributed by atoms with E-state index in [0.717, 1.165) is 23.3 Å². The molecule has 0 amide bonds. The topological polar surface area (TPSA) is 46.5 Å². The number of allylic oxidation sites excluding steroid dienone is 1. The van der Waals surface area contributed by atoms with Gasteiger partial charge in [-0.05, 0) is 18.1 Å². The number of rotatable bonds is 5. The van der Waals surface area contributed by atoms with Crippen LogP contribution in [0.5, 0.6) is 5.75 Å². The van der Waals surface area contributed by atoms with Gasteiger partial charge in [0.25, 0.3) is 0 Å². The van der Waals surface area contributed by atoms with Gasteiger partial charge in [0.15, 0.2) is 0 Å². The van der Waals surface area contributed by atoms with Gasteiger partial charge in [0.1, 0.15) is 5.75 Å². The summed E-state index contributed by atoms with van der Waals surface area (Å²) in [6, 6.07) is 7.63. The van der Waals surface area contributed by atoms with E-state index < -0.39 is 5.97 Å². The molecule has 16 heavy (non-hydrogen) atoms. The highest BCUT2D eigenvalue weighted by Crippen LogP contribution is 2.27. The molecule has 0 heterocycles. The number of ether oxygens (including phenoxy) is 1. The molecule has 0 spiro atoms. The molecule has 0 fully saturated rings. The van der Waals surface area contributed by atoms with Crippen molar-refractivity contribution in [3.8, 4) is 5.75 Å². The second kappa shape index (κ2) is 5.95. The summed E-state index contributed by atoms with van der Waals surface area (Å²) in [5.74, 6) is -0.0400. The molecule has 1 aromatic carbocycles. The van der Waals surface area contributed by atoms with Crippen LogP contribution in [0.15, 0.2) is 30.3 Å². The van der Waals surface area contributed by atoms with E-state index >= 15 is 0 Å². The zero-order valence-corrected chi connectivity index (χ0v) is 9.56. The zero-order chi connectivity index (χ0) is 12.0. The molecule has 0 saturated heterocycles. The molecule has 0 atom stereocenters. The van der Waals surface area contributed by atoms with Crippen molar-refractivity contribution in [2.75, 3.05) is 7.11 Å². The lowest BCUT2D eigenvalue weighted by Gasteiger charge is -2.10. The summed E-state index contributed by atoms with van der Waals surface area (Å²) in [4.78, 5) is 10.5. The second-order valence-electron chi connectivity index (χ2n) is 3.38. The number of benzene rings is 1. The molecule has 0 aliphatic carbocycles. The Morgan fingerprint density at radius 2 is 2.12 bits per heavy atom.